The molecule has 0 radical (unpaired) electrons. The van der Waals surface area contributed by atoms with Crippen molar-refractivity contribution in [3.05, 3.63) is 23.3 Å². The number of carbonyl (C=O) groups is 1. The van der Waals surface area contributed by atoms with Crippen molar-refractivity contribution >= 4 is 39.4 Å². The molecule has 3 aromatic rings. The number of hydrogen-bond acceptors (Lipinski definition) is 11. The van der Waals surface area contributed by atoms with Crippen molar-refractivity contribution in [1.29, 1.82) is 0 Å². The molecule has 5 heterocycles. The first-order valence-electron chi connectivity index (χ1n) is 12.2. The molecule has 5 rings (SSSR count). The maximum absolute atomic E-state index is 12.4. The van der Waals surface area contributed by atoms with E-state index in [0.29, 0.717) is 32.1 Å². The van der Waals surface area contributed by atoms with Crippen molar-refractivity contribution in [1.82, 2.24) is 29.7 Å². The number of carbonyl (C=O) groups excluding carboxylic acids is 1. The van der Waals surface area contributed by atoms with E-state index in [-0.39, 0.29) is 12.0 Å². The van der Waals surface area contributed by atoms with Gasteiger partial charge in [-0.3, -0.25) is 4.90 Å². The lowest BCUT2D eigenvalue weighted by Gasteiger charge is -2.35. The van der Waals surface area contributed by atoms with Gasteiger partial charge < -0.3 is 25.0 Å². The number of morpholine rings is 1. The van der Waals surface area contributed by atoms with Gasteiger partial charge in [-0.2, -0.15) is 0 Å². The molecule has 192 valence electrons. The Kier molecular flexibility index (Phi) is 6.91. The highest BCUT2D eigenvalue weighted by molar-refractivity contribution is 7.19. The molecule has 2 saturated heterocycles. The Morgan fingerprint density at radius 1 is 1.08 bits per heavy atom. The van der Waals surface area contributed by atoms with Gasteiger partial charge in [-0.25, -0.2) is 24.7 Å². The van der Waals surface area contributed by atoms with E-state index in [1.165, 1.54) is 4.88 Å². The summed E-state index contributed by atoms with van der Waals surface area (Å²) < 4.78 is 12.2. The fourth-order valence-corrected chi connectivity index (χ4v) is 5.40. The summed E-state index contributed by atoms with van der Waals surface area (Å²) in [6.45, 7) is 12.3. The topological polar surface area (TPSA) is 123 Å². The zero-order chi connectivity index (χ0) is 25.3. The van der Waals surface area contributed by atoms with E-state index in [4.69, 9.17) is 25.2 Å². The molecule has 2 fully saturated rings. The van der Waals surface area contributed by atoms with Crippen LogP contribution in [0.4, 0.5) is 16.6 Å². The number of fused-ring (bicyclic) bond motifs is 1. The summed E-state index contributed by atoms with van der Waals surface area (Å²) in [5.41, 5.74) is 6.82. The molecule has 36 heavy (non-hydrogen) atoms. The van der Waals surface area contributed by atoms with Crippen LogP contribution in [0.15, 0.2) is 18.5 Å². The molecule has 0 aliphatic carbocycles. The third-order valence-corrected chi connectivity index (χ3v) is 7.15. The van der Waals surface area contributed by atoms with Gasteiger partial charge in [-0.15, -0.1) is 11.3 Å². The molecule has 0 spiro atoms. The van der Waals surface area contributed by atoms with E-state index >= 15 is 0 Å². The van der Waals surface area contributed by atoms with Gasteiger partial charge in [-0.1, -0.05) is 0 Å². The first-order valence-corrected chi connectivity index (χ1v) is 13.0. The largest absolute Gasteiger partial charge is 0.444 e. The van der Waals surface area contributed by atoms with Crippen LogP contribution in [-0.4, -0.2) is 93.9 Å². The third kappa shape index (κ3) is 5.66. The molecule has 0 atom stereocenters. The molecule has 0 unspecified atom stereocenters. The number of amides is 1. The molecule has 0 saturated carbocycles. The maximum Gasteiger partial charge on any atom is 0.410 e. The summed E-state index contributed by atoms with van der Waals surface area (Å²) in [6, 6.07) is 2.15. The second-order valence-corrected chi connectivity index (χ2v) is 11.1. The first-order chi connectivity index (χ1) is 17.2. The van der Waals surface area contributed by atoms with E-state index in [2.05, 4.69) is 25.8 Å². The Labute approximate surface area is 214 Å². The van der Waals surface area contributed by atoms with Crippen LogP contribution in [0.3, 0.4) is 0 Å². The van der Waals surface area contributed by atoms with Crippen LogP contribution in [-0.2, 0) is 16.0 Å². The molecular formula is C24H32N8O3S. The van der Waals surface area contributed by atoms with Crippen molar-refractivity contribution in [2.24, 2.45) is 0 Å². The van der Waals surface area contributed by atoms with E-state index in [9.17, 15) is 4.79 Å². The Hall–Kier alpha value is -3.09. The monoisotopic (exact) mass is 512 g/mol. The molecular weight excluding hydrogens is 480 g/mol. The van der Waals surface area contributed by atoms with Gasteiger partial charge in [0.25, 0.3) is 0 Å². The molecule has 2 N–H and O–H groups in total. The number of nitrogen functional groups attached to an aromatic ring is 1. The fourth-order valence-electron chi connectivity index (χ4n) is 4.25. The molecule has 3 aromatic heterocycles. The molecule has 12 heteroatoms. The van der Waals surface area contributed by atoms with Gasteiger partial charge in [0, 0.05) is 63.1 Å². The van der Waals surface area contributed by atoms with Crippen LogP contribution in [0.5, 0.6) is 0 Å². The highest BCUT2D eigenvalue weighted by Crippen LogP contribution is 2.35. The third-order valence-electron chi connectivity index (χ3n) is 6.05. The van der Waals surface area contributed by atoms with Crippen LogP contribution in [0, 0.1) is 0 Å². The minimum atomic E-state index is -0.484. The normalized spacial score (nSPS) is 17.5. The zero-order valence-corrected chi connectivity index (χ0v) is 21.8. The Bertz CT molecular complexity index is 1210. The van der Waals surface area contributed by atoms with Gasteiger partial charge in [0.2, 0.25) is 5.95 Å². The number of aromatic nitrogens is 4. The SMILES string of the molecule is CC(C)(C)OC(=O)N1CCN(Cc2cc3nc(-c4cnc(N)nc4)nc(N4CCOCC4)c3s2)CC1. The number of ether oxygens (including phenoxy) is 2. The maximum atomic E-state index is 12.4. The van der Waals surface area contributed by atoms with E-state index in [0.717, 1.165) is 54.3 Å². The highest BCUT2D eigenvalue weighted by atomic mass is 32.1. The van der Waals surface area contributed by atoms with Crippen molar-refractivity contribution in [2.45, 2.75) is 32.9 Å². The second-order valence-electron chi connectivity index (χ2n) is 9.97. The second kappa shape index (κ2) is 10.1. The Morgan fingerprint density at radius 2 is 1.78 bits per heavy atom. The van der Waals surface area contributed by atoms with Gasteiger partial charge in [0.15, 0.2) is 11.6 Å². The summed E-state index contributed by atoms with van der Waals surface area (Å²) >= 11 is 1.73. The molecule has 1 amide bonds. The molecule has 0 bridgehead atoms. The van der Waals surface area contributed by atoms with Crippen molar-refractivity contribution < 1.29 is 14.3 Å². The molecule has 2 aliphatic rings. The standard InChI is InChI=1S/C24H32N8O3S/c1-24(2,3)35-23(33)32-6-4-30(5-7-32)15-17-12-18-19(36-17)21(31-8-10-34-11-9-31)29-20(28-18)16-13-26-22(25)27-14-16/h12-14H,4-11,15H2,1-3H3,(H2,25,26,27). The predicted molar refractivity (Wildman–Crippen MR) is 139 cm³/mol. The average molecular weight is 513 g/mol. The molecule has 0 aromatic carbocycles. The van der Waals surface area contributed by atoms with Crippen LogP contribution in [0.25, 0.3) is 21.6 Å². The lowest BCUT2D eigenvalue weighted by Crippen LogP contribution is -2.49. The van der Waals surface area contributed by atoms with Crippen LogP contribution in [0.2, 0.25) is 0 Å². The lowest BCUT2D eigenvalue weighted by atomic mass is 10.2. The number of nitrogens with two attached hydrogens (primary N) is 1. The minimum Gasteiger partial charge on any atom is -0.444 e. The first kappa shape index (κ1) is 24.6. The Balaban J connectivity index is 1.36. The van der Waals surface area contributed by atoms with Gasteiger partial charge in [-0.05, 0) is 26.8 Å². The highest BCUT2D eigenvalue weighted by Gasteiger charge is 2.27. The number of hydrogen-bond donors (Lipinski definition) is 1. The number of rotatable bonds is 4. The minimum absolute atomic E-state index is 0.220. The number of piperazine rings is 1. The van der Waals surface area contributed by atoms with E-state index in [1.807, 2.05) is 20.8 Å². The number of thiophene rings is 1. The predicted octanol–water partition coefficient (Wildman–Crippen LogP) is 2.62. The van der Waals surface area contributed by atoms with Crippen LogP contribution < -0.4 is 10.6 Å². The quantitative estimate of drug-likeness (QED) is 0.558. The van der Waals surface area contributed by atoms with Gasteiger partial charge in [0.1, 0.15) is 5.60 Å². The van der Waals surface area contributed by atoms with E-state index < -0.39 is 5.60 Å². The van der Waals surface area contributed by atoms with Crippen molar-refractivity contribution in [3.63, 3.8) is 0 Å². The summed E-state index contributed by atoms with van der Waals surface area (Å²) in [5.74, 6) is 1.72. The molecule has 2 aliphatic heterocycles. The molecule has 11 nitrogen and oxygen atoms in total. The smallest absolute Gasteiger partial charge is 0.410 e. The number of nitrogens with zero attached hydrogens (tertiary/aromatic N) is 7. The summed E-state index contributed by atoms with van der Waals surface area (Å²) in [4.78, 5) is 38.0. The number of anilines is 2. The van der Waals surface area contributed by atoms with Gasteiger partial charge >= 0.3 is 6.09 Å². The fraction of sp³-hybridized carbons (Fsp3) is 0.542. The van der Waals surface area contributed by atoms with Crippen molar-refractivity contribution in [2.75, 3.05) is 63.1 Å². The zero-order valence-electron chi connectivity index (χ0n) is 20.9. The average Bonchev–Trinajstić information content (AvgIpc) is 3.26. The summed E-state index contributed by atoms with van der Waals surface area (Å²) in [6.07, 6.45) is 3.07. The summed E-state index contributed by atoms with van der Waals surface area (Å²) in [5, 5.41) is 0. The lowest BCUT2D eigenvalue weighted by molar-refractivity contribution is 0.0140. The van der Waals surface area contributed by atoms with Crippen LogP contribution in [0.1, 0.15) is 25.6 Å². The van der Waals surface area contributed by atoms with Crippen LogP contribution >= 0.6 is 11.3 Å². The van der Waals surface area contributed by atoms with Gasteiger partial charge in [0.05, 0.1) is 29.0 Å². The van der Waals surface area contributed by atoms with Crippen molar-refractivity contribution in [3.8, 4) is 11.4 Å². The summed E-state index contributed by atoms with van der Waals surface area (Å²) in [7, 11) is 0. The van der Waals surface area contributed by atoms with E-state index in [1.54, 1.807) is 28.6 Å². The Morgan fingerprint density at radius 3 is 2.44 bits per heavy atom.